The van der Waals surface area contributed by atoms with Crippen molar-refractivity contribution < 1.29 is 22.7 Å². The number of halogens is 3. The van der Waals surface area contributed by atoms with Crippen LogP contribution in [0.4, 0.5) is 5.69 Å². The molecule has 2 rings (SSSR count). The van der Waals surface area contributed by atoms with Gasteiger partial charge in [0.05, 0.1) is 24.1 Å². The van der Waals surface area contributed by atoms with Crippen molar-refractivity contribution in [2.45, 2.75) is 52.2 Å². The van der Waals surface area contributed by atoms with E-state index in [9.17, 15) is 18.0 Å². The molecule has 0 fully saturated rings. The Hall–Kier alpha value is -2.20. The van der Waals surface area contributed by atoms with Crippen LogP contribution in [0.25, 0.3) is 0 Å². The molecule has 1 atom stereocenters. The highest BCUT2D eigenvalue weighted by atomic mass is 35.5. The Labute approximate surface area is 233 Å². The molecule has 0 spiro atoms. The number of benzene rings is 2. The van der Waals surface area contributed by atoms with Crippen LogP contribution in [-0.4, -0.2) is 57.1 Å². The molecular formula is C25H32Cl3N3O5S. The maximum atomic E-state index is 13.3. The zero-order valence-electron chi connectivity index (χ0n) is 21.4. The van der Waals surface area contributed by atoms with Crippen LogP contribution >= 0.6 is 34.8 Å². The number of sulfonamides is 1. The van der Waals surface area contributed by atoms with Crippen LogP contribution in [0.3, 0.4) is 0 Å². The Morgan fingerprint density at radius 2 is 1.70 bits per heavy atom. The number of nitrogens with one attached hydrogen (secondary N) is 1. The third-order valence-electron chi connectivity index (χ3n) is 5.53. The fraction of sp³-hybridized carbons (Fsp3) is 0.440. The lowest BCUT2D eigenvalue weighted by atomic mass is 10.1. The Morgan fingerprint density at radius 3 is 2.24 bits per heavy atom. The predicted molar refractivity (Wildman–Crippen MR) is 149 cm³/mol. The predicted octanol–water partition coefficient (Wildman–Crippen LogP) is 5.14. The van der Waals surface area contributed by atoms with Crippen molar-refractivity contribution in [1.29, 1.82) is 0 Å². The highest BCUT2D eigenvalue weighted by Crippen LogP contribution is 2.30. The molecule has 0 saturated carbocycles. The second kappa shape index (κ2) is 13.6. The zero-order valence-corrected chi connectivity index (χ0v) is 24.5. The summed E-state index contributed by atoms with van der Waals surface area (Å²) in [5.74, 6) is -0.211. The van der Waals surface area contributed by atoms with Crippen LogP contribution in [-0.2, 0) is 26.2 Å². The first-order valence-electron chi connectivity index (χ1n) is 11.6. The van der Waals surface area contributed by atoms with Crippen LogP contribution in [0, 0.1) is 0 Å². The van der Waals surface area contributed by atoms with Gasteiger partial charge in [-0.15, -0.1) is 0 Å². The molecule has 0 aliphatic rings. The quantitative estimate of drug-likeness (QED) is 0.368. The van der Waals surface area contributed by atoms with Gasteiger partial charge in [-0.2, -0.15) is 0 Å². The average Bonchev–Trinajstić information content (AvgIpc) is 2.79. The van der Waals surface area contributed by atoms with Crippen molar-refractivity contribution in [1.82, 2.24) is 10.2 Å². The van der Waals surface area contributed by atoms with Crippen LogP contribution in [0.2, 0.25) is 15.1 Å². The first-order chi connectivity index (χ1) is 17.2. The molecule has 2 amide bonds. The van der Waals surface area contributed by atoms with E-state index in [2.05, 4.69) is 5.32 Å². The SMILES string of the molecule is COc1ccc(N(CCCC(=O)N(Cc2ccc(Cl)cc2Cl)[C@H](C)C(=O)NC(C)C)S(C)(=O)=O)cc1Cl. The number of carbonyl (C=O) groups excluding carboxylic acids is 2. The minimum atomic E-state index is -3.66. The Balaban J connectivity index is 2.23. The van der Waals surface area contributed by atoms with Gasteiger partial charge in [0.15, 0.2) is 0 Å². The van der Waals surface area contributed by atoms with Crippen molar-refractivity contribution in [3.05, 3.63) is 57.0 Å². The van der Waals surface area contributed by atoms with Crippen LogP contribution in [0.15, 0.2) is 36.4 Å². The van der Waals surface area contributed by atoms with Gasteiger partial charge in [-0.1, -0.05) is 40.9 Å². The first kappa shape index (κ1) is 31.0. The highest BCUT2D eigenvalue weighted by Gasteiger charge is 2.27. The van der Waals surface area contributed by atoms with E-state index in [1.54, 1.807) is 37.3 Å². The van der Waals surface area contributed by atoms with E-state index >= 15 is 0 Å². The molecule has 8 nitrogen and oxygen atoms in total. The topological polar surface area (TPSA) is 96.0 Å². The summed E-state index contributed by atoms with van der Waals surface area (Å²) >= 11 is 18.5. The number of nitrogens with zero attached hydrogens (tertiary/aromatic N) is 2. The second-order valence-electron chi connectivity index (χ2n) is 8.85. The molecule has 2 aromatic rings. The molecule has 0 saturated heterocycles. The zero-order chi connectivity index (χ0) is 27.9. The minimum absolute atomic E-state index is 0.000411. The molecule has 37 heavy (non-hydrogen) atoms. The Kier molecular flexibility index (Phi) is 11.4. The van der Waals surface area contributed by atoms with E-state index in [-0.39, 0.29) is 48.8 Å². The summed E-state index contributed by atoms with van der Waals surface area (Å²) in [6.07, 6.45) is 1.29. The summed E-state index contributed by atoms with van der Waals surface area (Å²) in [5, 5.41) is 3.92. The molecule has 0 aliphatic carbocycles. The van der Waals surface area contributed by atoms with Crippen LogP contribution < -0.4 is 14.4 Å². The van der Waals surface area contributed by atoms with E-state index in [4.69, 9.17) is 39.5 Å². The van der Waals surface area contributed by atoms with Crippen molar-refractivity contribution in [2.75, 3.05) is 24.2 Å². The van der Waals surface area contributed by atoms with Crippen LogP contribution in [0.1, 0.15) is 39.2 Å². The standard InChI is InChI=1S/C25H32Cl3N3O5S/c1-16(2)29-25(33)17(3)30(15-18-8-9-19(26)13-21(18)27)24(32)7-6-12-31(37(5,34)35)20-10-11-23(36-4)22(28)14-20/h8-11,13-14,16-17H,6-7,12,15H2,1-5H3,(H,29,33)/t17-/m1/s1. The first-order valence-corrected chi connectivity index (χ1v) is 14.6. The maximum Gasteiger partial charge on any atom is 0.242 e. The van der Waals surface area contributed by atoms with Gasteiger partial charge in [0.2, 0.25) is 21.8 Å². The van der Waals surface area contributed by atoms with Gasteiger partial charge in [0.25, 0.3) is 0 Å². The van der Waals surface area contributed by atoms with Gasteiger partial charge < -0.3 is 15.0 Å². The number of hydrogen-bond donors (Lipinski definition) is 1. The van der Waals surface area contributed by atoms with Crippen molar-refractivity contribution in [2.24, 2.45) is 0 Å². The molecule has 1 N–H and O–H groups in total. The van der Waals surface area contributed by atoms with Gasteiger partial charge >= 0.3 is 0 Å². The molecule has 204 valence electrons. The van der Waals surface area contributed by atoms with E-state index in [1.807, 2.05) is 13.8 Å². The second-order valence-corrected chi connectivity index (χ2v) is 12.0. The van der Waals surface area contributed by atoms with Gasteiger partial charge in [0.1, 0.15) is 11.8 Å². The van der Waals surface area contributed by atoms with E-state index in [0.29, 0.717) is 27.0 Å². The third kappa shape index (κ3) is 8.95. The van der Waals surface area contributed by atoms with Gasteiger partial charge in [-0.05, 0) is 63.1 Å². The Bertz CT molecular complexity index is 1220. The molecule has 0 unspecified atom stereocenters. The molecule has 0 aromatic heterocycles. The maximum absolute atomic E-state index is 13.3. The number of methoxy groups -OCH3 is 1. The largest absolute Gasteiger partial charge is 0.495 e. The summed E-state index contributed by atoms with van der Waals surface area (Å²) in [6.45, 7) is 5.43. The number of rotatable bonds is 12. The number of ether oxygens (including phenoxy) is 1. The average molecular weight is 593 g/mol. The molecular weight excluding hydrogens is 561 g/mol. The van der Waals surface area contributed by atoms with Gasteiger partial charge in [-0.25, -0.2) is 8.42 Å². The number of anilines is 1. The molecule has 0 bridgehead atoms. The van der Waals surface area contributed by atoms with Crippen molar-refractivity contribution >= 4 is 62.3 Å². The van der Waals surface area contributed by atoms with E-state index in [1.165, 1.54) is 22.4 Å². The van der Waals surface area contributed by atoms with E-state index in [0.717, 1.165) is 6.26 Å². The lowest BCUT2D eigenvalue weighted by Crippen LogP contribution is -2.49. The highest BCUT2D eigenvalue weighted by molar-refractivity contribution is 7.92. The van der Waals surface area contributed by atoms with Crippen molar-refractivity contribution in [3.8, 4) is 5.75 Å². The smallest absolute Gasteiger partial charge is 0.242 e. The lowest BCUT2D eigenvalue weighted by Gasteiger charge is -2.30. The molecule has 2 aromatic carbocycles. The fourth-order valence-electron chi connectivity index (χ4n) is 3.64. The Morgan fingerprint density at radius 1 is 1.03 bits per heavy atom. The summed E-state index contributed by atoms with van der Waals surface area (Å²) in [5.41, 5.74) is 0.990. The number of hydrogen-bond acceptors (Lipinski definition) is 5. The lowest BCUT2D eigenvalue weighted by molar-refractivity contribution is -0.140. The number of carbonyl (C=O) groups is 2. The monoisotopic (exact) mass is 591 g/mol. The summed E-state index contributed by atoms with van der Waals surface area (Å²) in [7, 11) is -2.19. The third-order valence-corrected chi connectivity index (χ3v) is 7.61. The molecule has 0 radical (unpaired) electrons. The summed E-state index contributed by atoms with van der Waals surface area (Å²) < 4.78 is 31.3. The molecule has 0 aliphatic heterocycles. The van der Waals surface area contributed by atoms with Crippen LogP contribution in [0.5, 0.6) is 5.75 Å². The molecule has 0 heterocycles. The summed E-state index contributed by atoms with van der Waals surface area (Å²) in [6, 6.07) is 8.71. The minimum Gasteiger partial charge on any atom is -0.495 e. The molecule has 12 heteroatoms. The number of amides is 2. The van der Waals surface area contributed by atoms with E-state index < -0.39 is 16.1 Å². The van der Waals surface area contributed by atoms with Gasteiger partial charge in [-0.3, -0.25) is 13.9 Å². The normalized spacial score (nSPS) is 12.2. The summed E-state index contributed by atoms with van der Waals surface area (Å²) in [4.78, 5) is 27.5. The van der Waals surface area contributed by atoms with Crippen molar-refractivity contribution in [3.63, 3.8) is 0 Å². The fourth-order valence-corrected chi connectivity index (χ4v) is 5.31. The van der Waals surface area contributed by atoms with Gasteiger partial charge in [0, 0.05) is 35.6 Å².